The molecule has 0 aliphatic heterocycles. The molecule has 0 saturated carbocycles. The van der Waals surface area contributed by atoms with Crippen molar-refractivity contribution in [1.29, 1.82) is 0 Å². The molecule has 6 nitrogen and oxygen atoms in total. The predicted octanol–water partition coefficient (Wildman–Crippen LogP) is 1.34. The second-order valence-electron chi connectivity index (χ2n) is 3.90. The molecule has 1 amide bonds. The highest BCUT2D eigenvalue weighted by molar-refractivity contribution is 5.94. The van der Waals surface area contributed by atoms with Gasteiger partial charge in [-0.1, -0.05) is 0 Å². The predicted molar refractivity (Wildman–Crippen MR) is 67.3 cm³/mol. The van der Waals surface area contributed by atoms with Crippen molar-refractivity contribution in [3.63, 3.8) is 0 Å². The SMILES string of the molecule is O=C(NCc1ccc[nH+]c1)c1ccc([N+](=O)[O-])cc1. The Morgan fingerprint density at radius 1 is 1.26 bits per heavy atom. The van der Waals surface area contributed by atoms with Crippen molar-refractivity contribution in [2.24, 2.45) is 0 Å². The minimum absolute atomic E-state index is 0.0331. The van der Waals surface area contributed by atoms with Crippen LogP contribution in [0, 0.1) is 10.1 Å². The third-order valence-electron chi connectivity index (χ3n) is 2.56. The van der Waals surface area contributed by atoms with E-state index in [0.29, 0.717) is 12.1 Å². The van der Waals surface area contributed by atoms with Crippen LogP contribution in [0.25, 0.3) is 0 Å². The minimum Gasteiger partial charge on any atom is -0.348 e. The van der Waals surface area contributed by atoms with E-state index < -0.39 is 4.92 Å². The summed E-state index contributed by atoms with van der Waals surface area (Å²) in [5, 5.41) is 13.2. The van der Waals surface area contributed by atoms with Crippen LogP contribution in [0.1, 0.15) is 15.9 Å². The number of carbonyl (C=O) groups excluding carboxylic acids is 1. The maximum absolute atomic E-state index is 11.8. The largest absolute Gasteiger partial charge is 0.348 e. The van der Waals surface area contributed by atoms with Crippen molar-refractivity contribution < 1.29 is 14.7 Å². The lowest BCUT2D eigenvalue weighted by atomic mass is 10.2. The van der Waals surface area contributed by atoms with Crippen LogP contribution in [-0.2, 0) is 6.54 Å². The Morgan fingerprint density at radius 2 is 2.00 bits per heavy atom. The van der Waals surface area contributed by atoms with E-state index in [1.54, 1.807) is 12.4 Å². The van der Waals surface area contributed by atoms with Gasteiger partial charge in [-0.3, -0.25) is 14.9 Å². The van der Waals surface area contributed by atoms with Crippen LogP contribution in [-0.4, -0.2) is 10.8 Å². The van der Waals surface area contributed by atoms with Crippen LogP contribution in [0.3, 0.4) is 0 Å². The number of aromatic amines is 1. The summed E-state index contributed by atoms with van der Waals surface area (Å²) in [6, 6.07) is 9.21. The maximum Gasteiger partial charge on any atom is 0.269 e. The molecule has 2 N–H and O–H groups in total. The van der Waals surface area contributed by atoms with E-state index in [0.717, 1.165) is 5.56 Å². The summed E-state index contributed by atoms with van der Waals surface area (Å²) in [5.74, 6) is -0.265. The van der Waals surface area contributed by atoms with Gasteiger partial charge in [-0.15, -0.1) is 0 Å². The van der Waals surface area contributed by atoms with Gasteiger partial charge in [0.15, 0.2) is 12.4 Å². The molecule has 2 aromatic rings. The summed E-state index contributed by atoms with van der Waals surface area (Å²) in [5.41, 5.74) is 1.30. The van der Waals surface area contributed by atoms with Crippen molar-refractivity contribution in [1.82, 2.24) is 5.32 Å². The number of benzene rings is 1. The maximum atomic E-state index is 11.8. The summed E-state index contributed by atoms with van der Waals surface area (Å²) in [6.45, 7) is 0.396. The van der Waals surface area contributed by atoms with Crippen molar-refractivity contribution in [2.75, 3.05) is 0 Å². The molecule has 0 spiro atoms. The molecule has 0 fully saturated rings. The number of H-pyrrole nitrogens is 1. The van der Waals surface area contributed by atoms with Crippen LogP contribution in [0.2, 0.25) is 0 Å². The third kappa shape index (κ3) is 3.35. The van der Waals surface area contributed by atoms with Gasteiger partial charge in [0.1, 0.15) is 0 Å². The molecule has 6 heteroatoms. The molecule has 0 atom stereocenters. The summed E-state index contributed by atoms with van der Waals surface area (Å²) in [4.78, 5) is 24.7. The Balaban J connectivity index is 1.98. The molecule has 1 aromatic heterocycles. The van der Waals surface area contributed by atoms with Crippen LogP contribution >= 0.6 is 0 Å². The van der Waals surface area contributed by atoms with Gasteiger partial charge in [-0.2, -0.15) is 0 Å². The zero-order valence-corrected chi connectivity index (χ0v) is 10.00. The topological polar surface area (TPSA) is 86.4 Å². The highest BCUT2D eigenvalue weighted by Crippen LogP contribution is 2.11. The van der Waals surface area contributed by atoms with Crippen molar-refractivity contribution in [2.45, 2.75) is 6.54 Å². The van der Waals surface area contributed by atoms with E-state index in [4.69, 9.17) is 0 Å². The fourth-order valence-electron chi connectivity index (χ4n) is 1.56. The summed E-state index contributed by atoms with van der Waals surface area (Å²) in [7, 11) is 0. The van der Waals surface area contributed by atoms with Crippen LogP contribution in [0.15, 0.2) is 48.8 Å². The normalized spacial score (nSPS) is 9.89. The zero-order valence-electron chi connectivity index (χ0n) is 10.00. The van der Waals surface area contributed by atoms with Crippen LogP contribution < -0.4 is 10.3 Å². The molecule has 0 unspecified atom stereocenters. The van der Waals surface area contributed by atoms with Gasteiger partial charge in [0, 0.05) is 35.9 Å². The van der Waals surface area contributed by atoms with Gasteiger partial charge < -0.3 is 5.32 Å². The van der Waals surface area contributed by atoms with Crippen molar-refractivity contribution >= 4 is 11.6 Å². The molecule has 19 heavy (non-hydrogen) atoms. The molecular weight excluding hydrogens is 246 g/mol. The van der Waals surface area contributed by atoms with Gasteiger partial charge in [-0.25, -0.2) is 4.98 Å². The number of hydrogen-bond donors (Lipinski definition) is 1. The number of pyridine rings is 1. The van der Waals surface area contributed by atoms with Crippen molar-refractivity contribution in [3.8, 4) is 0 Å². The molecule has 1 aromatic carbocycles. The first-order valence-electron chi connectivity index (χ1n) is 5.64. The zero-order chi connectivity index (χ0) is 13.7. The Kier molecular flexibility index (Phi) is 3.82. The smallest absolute Gasteiger partial charge is 0.269 e. The monoisotopic (exact) mass is 258 g/mol. The first-order chi connectivity index (χ1) is 9.16. The molecule has 2 rings (SSSR count). The quantitative estimate of drug-likeness (QED) is 0.663. The lowest BCUT2D eigenvalue weighted by Gasteiger charge is -2.03. The number of rotatable bonds is 4. The lowest BCUT2D eigenvalue weighted by molar-refractivity contribution is -0.384. The lowest BCUT2D eigenvalue weighted by Crippen LogP contribution is -2.23. The van der Waals surface area contributed by atoms with E-state index in [9.17, 15) is 14.9 Å². The molecule has 0 aliphatic carbocycles. The van der Waals surface area contributed by atoms with Gasteiger partial charge in [0.05, 0.1) is 4.92 Å². The average molecular weight is 258 g/mol. The fraction of sp³-hybridized carbons (Fsp3) is 0.0769. The number of nitro groups is 1. The Bertz CT molecular complexity index is 582. The highest BCUT2D eigenvalue weighted by atomic mass is 16.6. The van der Waals surface area contributed by atoms with Gasteiger partial charge in [-0.05, 0) is 18.2 Å². The third-order valence-corrected chi connectivity index (χ3v) is 2.56. The molecule has 96 valence electrons. The molecule has 1 heterocycles. The number of nitro benzene ring substituents is 1. The Labute approximate surface area is 109 Å². The number of non-ortho nitro benzene ring substituents is 1. The minimum atomic E-state index is -0.499. The second-order valence-corrected chi connectivity index (χ2v) is 3.90. The average Bonchev–Trinajstić information content (AvgIpc) is 2.46. The number of nitrogens with one attached hydrogen (secondary N) is 2. The van der Waals surface area contributed by atoms with E-state index in [1.165, 1.54) is 24.3 Å². The highest BCUT2D eigenvalue weighted by Gasteiger charge is 2.09. The molecule has 0 saturated heterocycles. The van der Waals surface area contributed by atoms with E-state index in [1.807, 2.05) is 12.1 Å². The fourth-order valence-corrected chi connectivity index (χ4v) is 1.56. The number of hydrogen-bond acceptors (Lipinski definition) is 3. The van der Waals surface area contributed by atoms with Crippen molar-refractivity contribution in [3.05, 3.63) is 70.0 Å². The summed E-state index contributed by atoms with van der Waals surface area (Å²) >= 11 is 0. The Morgan fingerprint density at radius 3 is 2.58 bits per heavy atom. The summed E-state index contributed by atoms with van der Waals surface area (Å²) < 4.78 is 0. The molecule has 0 aliphatic rings. The molecular formula is C13H12N3O3+. The molecule has 0 bridgehead atoms. The molecule has 0 radical (unpaired) electrons. The first-order valence-corrected chi connectivity index (χ1v) is 5.64. The van der Waals surface area contributed by atoms with Crippen LogP contribution in [0.5, 0.6) is 0 Å². The Hall–Kier alpha value is -2.76. The number of nitrogens with zero attached hydrogens (tertiary/aromatic N) is 1. The first kappa shape index (κ1) is 12.7. The van der Waals surface area contributed by atoms with Crippen LogP contribution in [0.4, 0.5) is 5.69 Å². The van der Waals surface area contributed by atoms with Gasteiger partial charge >= 0.3 is 0 Å². The van der Waals surface area contributed by atoms with Gasteiger partial charge in [0.2, 0.25) is 0 Å². The van der Waals surface area contributed by atoms with E-state index in [2.05, 4.69) is 10.3 Å². The summed E-state index contributed by atoms with van der Waals surface area (Å²) in [6.07, 6.45) is 3.57. The number of amides is 1. The second kappa shape index (κ2) is 5.72. The van der Waals surface area contributed by atoms with Gasteiger partial charge in [0.25, 0.3) is 11.6 Å². The standard InChI is InChI=1S/C13H11N3O3/c17-13(15-9-10-2-1-7-14-8-10)11-3-5-12(6-4-11)16(18)19/h1-8H,9H2,(H,15,17)/p+1. The number of aromatic nitrogens is 1. The number of carbonyl (C=O) groups is 1. The van der Waals surface area contributed by atoms with E-state index in [-0.39, 0.29) is 11.6 Å². The van der Waals surface area contributed by atoms with E-state index >= 15 is 0 Å².